The molecule has 20 heavy (non-hydrogen) atoms. The van der Waals surface area contributed by atoms with Crippen LogP contribution in [0.4, 0.5) is 0 Å². The maximum Gasteiger partial charge on any atom is 0.338 e. The molecule has 104 valence electrons. The van der Waals surface area contributed by atoms with E-state index in [1.807, 2.05) is 6.07 Å². The van der Waals surface area contributed by atoms with Crippen molar-refractivity contribution in [1.82, 2.24) is 0 Å². The Morgan fingerprint density at radius 1 is 1.45 bits per heavy atom. The van der Waals surface area contributed by atoms with Crippen molar-refractivity contribution in [2.75, 3.05) is 6.61 Å². The molecule has 0 radical (unpaired) electrons. The highest BCUT2D eigenvalue weighted by Crippen LogP contribution is 2.16. The Morgan fingerprint density at radius 2 is 2.20 bits per heavy atom. The standard InChI is InChI=1S/C15H15NO4/c1-2-20-15(19)13-10-11(6-8-14(17)18)5-7-12(13)4-3-9-16/h5-8,10H,2-4H2,1H3,(H,17,18)/b8-6+. The molecule has 0 aliphatic carbocycles. The van der Waals surface area contributed by atoms with E-state index in [1.165, 1.54) is 6.08 Å². The zero-order valence-electron chi connectivity index (χ0n) is 11.1. The van der Waals surface area contributed by atoms with Gasteiger partial charge in [-0.2, -0.15) is 5.26 Å². The first-order valence-electron chi connectivity index (χ1n) is 6.16. The Kier molecular flexibility index (Phi) is 5.98. The third-order valence-electron chi connectivity index (χ3n) is 2.55. The number of carboxylic acids is 1. The minimum Gasteiger partial charge on any atom is -0.478 e. The van der Waals surface area contributed by atoms with Gasteiger partial charge in [-0.05, 0) is 36.6 Å². The minimum absolute atomic E-state index is 0.256. The van der Waals surface area contributed by atoms with Crippen molar-refractivity contribution in [2.45, 2.75) is 19.8 Å². The predicted octanol–water partition coefficient (Wildman–Crippen LogP) is 2.42. The number of carboxylic acid groups (broad SMARTS) is 1. The number of hydrogen-bond acceptors (Lipinski definition) is 4. The average Bonchev–Trinajstić information content (AvgIpc) is 2.43. The number of aryl methyl sites for hydroxylation is 1. The fourth-order valence-corrected chi connectivity index (χ4v) is 1.67. The second kappa shape index (κ2) is 7.74. The Balaban J connectivity index is 3.11. The number of esters is 1. The molecule has 0 aromatic heterocycles. The van der Waals surface area contributed by atoms with E-state index >= 15 is 0 Å². The molecule has 1 aromatic carbocycles. The third kappa shape index (κ3) is 4.58. The maximum absolute atomic E-state index is 11.9. The van der Waals surface area contributed by atoms with Crippen LogP contribution in [0.25, 0.3) is 6.08 Å². The molecule has 0 saturated heterocycles. The number of carbonyl (C=O) groups excluding carboxylic acids is 1. The Hall–Kier alpha value is -2.61. The van der Waals surface area contributed by atoms with E-state index in [0.29, 0.717) is 24.0 Å². The minimum atomic E-state index is -1.06. The molecule has 0 heterocycles. The van der Waals surface area contributed by atoms with Gasteiger partial charge in [-0.1, -0.05) is 12.1 Å². The summed E-state index contributed by atoms with van der Waals surface area (Å²) >= 11 is 0. The number of ether oxygens (including phenoxy) is 1. The Bertz CT molecular complexity index is 570. The van der Waals surface area contributed by atoms with Crippen molar-refractivity contribution in [3.05, 3.63) is 41.0 Å². The molecule has 0 unspecified atom stereocenters. The number of nitriles is 1. The van der Waals surface area contributed by atoms with Crippen molar-refractivity contribution >= 4 is 18.0 Å². The van der Waals surface area contributed by atoms with E-state index in [4.69, 9.17) is 15.1 Å². The van der Waals surface area contributed by atoms with Crippen molar-refractivity contribution in [2.24, 2.45) is 0 Å². The van der Waals surface area contributed by atoms with Crippen LogP contribution < -0.4 is 0 Å². The first kappa shape index (κ1) is 15.4. The fraction of sp³-hybridized carbons (Fsp3) is 0.267. The highest BCUT2D eigenvalue weighted by atomic mass is 16.5. The van der Waals surface area contributed by atoms with E-state index in [2.05, 4.69) is 0 Å². The molecule has 0 fully saturated rings. The lowest BCUT2D eigenvalue weighted by atomic mass is 10.00. The quantitative estimate of drug-likeness (QED) is 0.635. The van der Waals surface area contributed by atoms with Crippen LogP contribution in [0, 0.1) is 11.3 Å². The summed E-state index contributed by atoms with van der Waals surface area (Å²) in [6.07, 6.45) is 3.16. The molecule has 1 rings (SSSR count). The lowest BCUT2D eigenvalue weighted by Gasteiger charge is -2.08. The summed E-state index contributed by atoms with van der Waals surface area (Å²) in [6.45, 7) is 1.97. The summed E-state index contributed by atoms with van der Waals surface area (Å²) in [5.41, 5.74) is 1.68. The van der Waals surface area contributed by atoms with Crippen LogP contribution in [-0.4, -0.2) is 23.7 Å². The smallest absolute Gasteiger partial charge is 0.338 e. The highest BCUT2D eigenvalue weighted by Gasteiger charge is 2.12. The summed E-state index contributed by atoms with van der Waals surface area (Å²) in [5.74, 6) is -1.53. The molecule has 0 aliphatic rings. The van der Waals surface area contributed by atoms with Crippen LogP contribution in [0.1, 0.15) is 34.8 Å². The molecule has 0 atom stereocenters. The molecular weight excluding hydrogens is 258 g/mol. The summed E-state index contributed by atoms with van der Waals surface area (Å²) in [4.78, 5) is 22.4. The third-order valence-corrected chi connectivity index (χ3v) is 2.55. The zero-order valence-corrected chi connectivity index (χ0v) is 11.1. The number of nitrogens with zero attached hydrogens (tertiary/aromatic N) is 1. The summed E-state index contributed by atoms with van der Waals surface area (Å²) in [5, 5.41) is 17.2. The molecular formula is C15H15NO4. The molecule has 0 spiro atoms. The van der Waals surface area contributed by atoms with Crippen molar-refractivity contribution in [3.63, 3.8) is 0 Å². The monoisotopic (exact) mass is 273 g/mol. The van der Waals surface area contributed by atoms with Crippen LogP contribution in [0.2, 0.25) is 0 Å². The largest absolute Gasteiger partial charge is 0.478 e. The van der Waals surface area contributed by atoms with E-state index in [1.54, 1.807) is 25.1 Å². The van der Waals surface area contributed by atoms with Gasteiger partial charge in [-0.15, -0.1) is 0 Å². The molecule has 0 aliphatic heterocycles. The van der Waals surface area contributed by atoms with Gasteiger partial charge in [-0.25, -0.2) is 9.59 Å². The maximum atomic E-state index is 11.9. The van der Waals surface area contributed by atoms with E-state index in [-0.39, 0.29) is 6.61 Å². The number of hydrogen-bond donors (Lipinski definition) is 1. The normalized spacial score (nSPS) is 10.2. The van der Waals surface area contributed by atoms with Gasteiger partial charge in [0.25, 0.3) is 0 Å². The van der Waals surface area contributed by atoms with Crippen LogP contribution in [0.15, 0.2) is 24.3 Å². The molecule has 0 bridgehead atoms. The van der Waals surface area contributed by atoms with Crippen molar-refractivity contribution < 1.29 is 19.4 Å². The summed E-state index contributed by atoms with van der Waals surface area (Å²) in [6, 6.07) is 7.02. The molecule has 1 aromatic rings. The van der Waals surface area contributed by atoms with E-state index in [0.717, 1.165) is 11.6 Å². The Labute approximate surface area is 117 Å². The van der Waals surface area contributed by atoms with Crippen LogP contribution in [0.5, 0.6) is 0 Å². The Morgan fingerprint density at radius 3 is 2.80 bits per heavy atom. The molecule has 5 nitrogen and oxygen atoms in total. The lowest BCUT2D eigenvalue weighted by Crippen LogP contribution is -2.08. The van der Waals surface area contributed by atoms with Crippen LogP contribution in [0.3, 0.4) is 0 Å². The van der Waals surface area contributed by atoms with Gasteiger partial charge in [0, 0.05) is 12.5 Å². The van der Waals surface area contributed by atoms with E-state index < -0.39 is 11.9 Å². The average molecular weight is 273 g/mol. The van der Waals surface area contributed by atoms with Gasteiger partial charge in [0.2, 0.25) is 0 Å². The van der Waals surface area contributed by atoms with E-state index in [9.17, 15) is 9.59 Å². The molecule has 0 saturated carbocycles. The number of carbonyl (C=O) groups is 2. The molecule has 5 heteroatoms. The summed E-state index contributed by atoms with van der Waals surface area (Å²) in [7, 11) is 0. The van der Waals surface area contributed by atoms with Gasteiger partial charge in [0.05, 0.1) is 18.2 Å². The topological polar surface area (TPSA) is 87.4 Å². The lowest BCUT2D eigenvalue weighted by molar-refractivity contribution is -0.131. The number of benzene rings is 1. The second-order valence-corrected chi connectivity index (χ2v) is 3.97. The van der Waals surface area contributed by atoms with Gasteiger partial charge >= 0.3 is 11.9 Å². The second-order valence-electron chi connectivity index (χ2n) is 3.97. The first-order valence-corrected chi connectivity index (χ1v) is 6.16. The van der Waals surface area contributed by atoms with Crippen LogP contribution >= 0.6 is 0 Å². The first-order chi connectivity index (χ1) is 9.58. The number of rotatable bonds is 6. The zero-order chi connectivity index (χ0) is 15.0. The predicted molar refractivity (Wildman–Crippen MR) is 73.0 cm³/mol. The van der Waals surface area contributed by atoms with Gasteiger partial charge in [0.1, 0.15) is 0 Å². The SMILES string of the molecule is CCOC(=O)c1cc(/C=C/C(=O)O)ccc1CCC#N. The molecule has 1 N–H and O–H groups in total. The highest BCUT2D eigenvalue weighted by molar-refractivity contribution is 5.92. The van der Waals surface area contributed by atoms with Crippen LogP contribution in [-0.2, 0) is 16.0 Å². The van der Waals surface area contributed by atoms with Crippen molar-refractivity contribution in [1.29, 1.82) is 5.26 Å². The fourth-order valence-electron chi connectivity index (χ4n) is 1.67. The molecule has 0 amide bonds. The summed E-state index contributed by atoms with van der Waals surface area (Å²) < 4.78 is 4.97. The van der Waals surface area contributed by atoms with Gasteiger partial charge in [0.15, 0.2) is 0 Å². The van der Waals surface area contributed by atoms with Gasteiger partial charge < -0.3 is 9.84 Å². The number of aliphatic carboxylic acids is 1. The van der Waals surface area contributed by atoms with Gasteiger partial charge in [-0.3, -0.25) is 0 Å². The van der Waals surface area contributed by atoms with Crippen molar-refractivity contribution in [3.8, 4) is 6.07 Å².